The van der Waals surface area contributed by atoms with Gasteiger partial charge in [0.05, 0.1) is 45.1 Å². The Balaban J connectivity index is 1.69. The minimum absolute atomic E-state index is 0.0942. The molecule has 0 aliphatic rings. The van der Waals surface area contributed by atoms with Crippen molar-refractivity contribution in [1.82, 2.24) is 14.7 Å². The fraction of sp³-hybridized carbons (Fsp3) is 0.227. The van der Waals surface area contributed by atoms with E-state index in [1.807, 2.05) is 19.9 Å². The van der Waals surface area contributed by atoms with E-state index in [1.54, 1.807) is 48.1 Å². The lowest BCUT2D eigenvalue weighted by atomic mass is 10.1. The average molecular weight is 480 g/mol. The second kappa shape index (κ2) is 9.73. The molecule has 31 heavy (non-hydrogen) atoms. The maximum absolute atomic E-state index is 12.8. The number of hydrogen-bond donors (Lipinski definition) is 1. The van der Waals surface area contributed by atoms with Crippen LogP contribution < -0.4 is 5.32 Å². The number of halogens is 3. The highest BCUT2D eigenvalue weighted by Crippen LogP contribution is 2.26. The van der Waals surface area contributed by atoms with Crippen LogP contribution in [-0.4, -0.2) is 40.1 Å². The number of nitrogens with zero attached hydrogens (tertiary/aromatic N) is 3. The molecule has 3 rings (SSSR count). The molecule has 162 valence electrons. The summed E-state index contributed by atoms with van der Waals surface area (Å²) in [7, 11) is 1.59. The van der Waals surface area contributed by atoms with E-state index in [0.717, 1.165) is 22.6 Å². The van der Waals surface area contributed by atoms with Crippen LogP contribution in [0.4, 0.5) is 5.69 Å². The summed E-state index contributed by atoms with van der Waals surface area (Å²) in [5.74, 6) is -0.530. The van der Waals surface area contributed by atoms with Gasteiger partial charge in [-0.25, -0.2) is 4.68 Å². The zero-order chi connectivity index (χ0) is 22.7. The molecule has 0 radical (unpaired) electrons. The van der Waals surface area contributed by atoms with E-state index in [0.29, 0.717) is 20.8 Å². The van der Waals surface area contributed by atoms with Crippen LogP contribution in [-0.2, 0) is 16.0 Å². The van der Waals surface area contributed by atoms with Crippen molar-refractivity contribution < 1.29 is 9.59 Å². The second-order valence-corrected chi connectivity index (χ2v) is 8.34. The molecule has 0 aliphatic carbocycles. The van der Waals surface area contributed by atoms with Crippen molar-refractivity contribution in [2.45, 2.75) is 20.3 Å². The molecule has 9 heteroatoms. The Labute approximate surface area is 195 Å². The number of para-hydroxylation sites is 1. The van der Waals surface area contributed by atoms with Gasteiger partial charge in [-0.3, -0.25) is 9.59 Å². The van der Waals surface area contributed by atoms with Crippen molar-refractivity contribution in [3.05, 3.63) is 74.5 Å². The average Bonchev–Trinajstić information content (AvgIpc) is 3.00. The van der Waals surface area contributed by atoms with Crippen LogP contribution in [0.15, 0.2) is 42.5 Å². The lowest BCUT2D eigenvalue weighted by molar-refractivity contribution is -0.132. The van der Waals surface area contributed by atoms with E-state index in [2.05, 4.69) is 10.4 Å². The summed E-state index contributed by atoms with van der Waals surface area (Å²) in [6.07, 6.45) is 0.120. The van der Waals surface area contributed by atoms with Crippen molar-refractivity contribution in [3.8, 4) is 5.69 Å². The molecular weight excluding hydrogens is 459 g/mol. The molecule has 0 spiro atoms. The minimum atomic E-state index is -0.330. The Bertz CT molecular complexity index is 1140. The molecule has 0 saturated heterocycles. The quantitative estimate of drug-likeness (QED) is 0.535. The Morgan fingerprint density at radius 1 is 1.03 bits per heavy atom. The minimum Gasteiger partial charge on any atom is -0.336 e. The fourth-order valence-electron chi connectivity index (χ4n) is 3.14. The molecule has 2 aromatic carbocycles. The first-order valence-corrected chi connectivity index (χ1v) is 10.6. The lowest BCUT2D eigenvalue weighted by Crippen LogP contribution is -2.36. The molecule has 6 nitrogen and oxygen atoms in total. The molecule has 0 bridgehead atoms. The van der Waals surface area contributed by atoms with Crippen LogP contribution in [0.1, 0.15) is 17.0 Å². The Hall–Kier alpha value is -2.54. The van der Waals surface area contributed by atoms with Gasteiger partial charge in [-0.05, 0) is 44.2 Å². The standard InChI is InChI=1S/C22H21Cl3N4O2/c1-13-16(14(2)29(27-13)15-8-9-17(23)19(25)10-15)11-22(31)28(3)12-21(30)26-20-7-5-4-6-18(20)24/h4-10H,11-12H2,1-3H3,(H,26,30). The number of carbonyl (C=O) groups excluding carboxylic acids is 2. The lowest BCUT2D eigenvalue weighted by Gasteiger charge is -2.17. The first-order chi connectivity index (χ1) is 14.7. The first kappa shape index (κ1) is 23.1. The summed E-state index contributed by atoms with van der Waals surface area (Å²) in [6, 6.07) is 12.2. The van der Waals surface area contributed by atoms with Gasteiger partial charge in [0.15, 0.2) is 0 Å². The predicted octanol–water partition coefficient (Wildman–Crippen LogP) is 5.09. The van der Waals surface area contributed by atoms with Gasteiger partial charge < -0.3 is 10.2 Å². The number of nitrogens with one attached hydrogen (secondary N) is 1. The number of benzene rings is 2. The zero-order valence-corrected chi connectivity index (χ0v) is 19.5. The number of hydrogen-bond acceptors (Lipinski definition) is 3. The summed E-state index contributed by atoms with van der Waals surface area (Å²) in [4.78, 5) is 26.4. The Morgan fingerprint density at radius 2 is 1.74 bits per heavy atom. The van der Waals surface area contributed by atoms with Crippen molar-refractivity contribution in [3.63, 3.8) is 0 Å². The zero-order valence-electron chi connectivity index (χ0n) is 17.2. The number of aromatic nitrogens is 2. The topological polar surface area (TPSA) is 67.2 Å². The molecule has 0 atom stereocenters. The van der Waals surface area contributed by atoms with E-state index in [1.165, 1.54) is 4.90 Å². The van der Waals surface area contributed by atoms with Gasteiger partial charge in [-0.1, -0.05) is 46.9 Å². The first-order valence-electron chi connectivity index (χ1n) is 9.46. The van der Waals surface area contributed by atoms with E-state index >= 15 is 0 Å². The van der Waals surface area contributed by atoms with Crippen LogP contribution in [0.3, 0.4) is 0 Å². The highest BCUT2D eigenvalue weighted by molar-refractivity contribution is 6.42. The Morgan fingerprint density at radius 3 is 2.42 bits per heavy atom. The van der Waals surface area contributed by atoms with Gasteiger partial charge in [0.2, 0.25) is 11.8 Å². The number of amides is 2. The summed E-state index contributed by atoms with van der Waals surface area (Å²) in [5, 5.41) is 8.57. The number of carbonyl (C=O) groups is 2. The van der Waals surface area contributed by atoms with Gasteiger partial charge >= 0.3 is 0 Å². The number of likely N-dealkylation sites (N-methyl/N-ethyl adjacent to an activating group) is 1. The van der Waals surface area contributed by atoms with Crippen LogP contribution in [0.25, 0.3) is 5.69 Å². The van der Waals surface area contributed by atoms with Crippen molar-refractivity contribution in [1.29, 1.82) is 0 Å². The molecule has 1 aromatic heterocycles. The van der Waals surface area contributed by atoms with Gasteiger partial charge in [0.1, 0.15) is 0 Å². The largest absolute Gasteiger partial charge is 0.336 e. The third-order valence-electron chi connectivity index (χ3n) is 4.87. The van der Waals surface area contributed by atoms with E-state index < -0.39 is 0 Å². The van der Waals surface area contributed by atoms with Crippen LogP contribution in [0.2, 0.25) is 15.1 Å². The normalized spacial score (nSPS) is 10.8. The highest BCUT2D eigenvalue weighted by atomic mass is 35.5. The summed E-state index contributed by atoms with van der Waals surface area (Å²) in [5.41, 5.74) is 3.60. The van der Waals surface area contributed by atoms with E-state index in [4.69, 9.17) is 34.8 Å². The highest BCUT2D eigenvalue weighted by Gasteiger charge is 2.20. The van der Waals surface area contributed by atoms with Gasteiger partial charge in [-0.2, -0.15) is 5.10 Å². The summed E-state index contributed by atoms with van der Waals surface area (Å²) >= 11 is 18.2. The van der Waals surface area contributed by atoms with Crippen molar-refractivity contribution in [2.75, 3.05) is 18.9 Å². The molecule has 0 unspecified atom stereocenters. The summed E-state index contributed by atoms with van der Waals surface area (Å²) < 4.78 is 1.73. The molecular formula is C22H21Cl3N4O2. The number of anilines is 1. The van der Waals surface area contributed by atoms with Crippen LogP contribution in [0.5, 0.6) is 0 Å². The molecule has 1 heterocycles. The van der Waals surface area contributed by atoms with Gasteiger partial charge in [-0.15, -0.1) is 0 Å². The second-order valence-electron chi connectivity index (χ2n) is 7.11. The third kappa shape index (κ3) is 5.39. The predicted molar refractivity (Wildman–Crippen MR) is 124 cm³/mol. The molecule has 0 saturated carbocycles. The van der Waals surface area contributed by atoms with Crippen molar-refractivity contribution in [2.24, 2.45) is 0 Å². The van der Waals surface area contributed by atoms with Crippen LogP contribution in [0, 0.1) is 13.8 Å². The fourth-order valence-corrected chi connectivity index (χ4v) is 3.62. The summed E-state index contributed by atoms with van der Waals surface area (Å²) in [6.45, 7) is 3.63. The van der Waals surface area contributed by atoms with Gasteiger partial charge in [0, 0.05) is 18.3 Å². The molecule has 3 aromatic rings. The third-order valence-corrected chi connectivity index (χ3v) is 5.94. The number of rotatable bonds is 6. The molecule has 0 fully saturated rings. The number of aryl methyl sites for hydroxylation is 1. The maximum Gasteiger partial charge on any atom is 0.244 e. The maximum atomic E-state index is 12.8. The smallest absolute Gasteiger partial charge is 0.244 e. The van der Waals surface area contributed by atoms with Crippen molar-refractivity contribution >= 4 is 52.3 Å². The van der Waals surface area contributed by atoms with Gasteiger partial charge in [0.25, 0.3) is 0 Å². The monoisotopic (exact) mass is 478 g/mol. The SMILES string of the molecule is Cc1nn(-c2ccc(Cl)c(Cl)c2)c(C)c1CC(=O)N(C)CC(=O)Nc1ccccc1Cl. The van der Waals surface area contributed by atoms with E-state index in [-0.39, 0.29) is 24.8 Å². The molecule has 2 amide bonds. The van der Waals surface area contributed by atoms with Crippen LogP contribution >= 0.6 is 34.8 Å². The Kier molecular flexibility index (Phi) is 7.26. The van der Waals surface area contributed by atoms with E-state index in [9.17, 15) is 9.59 Å². The molecule has 0 aliphatic heterocycles. The molecule has 1 N–H and O–H groups in total.